The minimum atomic E-state index is 0.734. The van der Waals surface area contributed by atoms with E-state index in [1.54, 1.807) is 4.68 Å². The molecule has 19 heavy (non-hydrogen) atoms. The molecule has 1 aromatic heterocycles. The molecule has 0 bridgehead atoms. The Hall–Kier alpha value is -0.620. The Morgan fingerprint density at radius 3 is 2.74 bits per heavy atom. The lowest BCUT2D eigenvalue weighted by Gasteiger charge is -2.26. The molecule has 0 saturated carbocycles. The van der Waals surface area contributed by atoms with Crippen LogP contribution in [0.2, 0.25) is 5.15 Å². The standard InChI is InChI=1S/C13H23ClN4O/c1-11-12(13(14)17(2)16-11)10-15-4-3-5-18-6-8-19-9-7-18/h15H,3-10H2,1-2H3. The summed E-state index contributed by atoms with van der Waals surface area (Å²) in [5.41, 5.74) is 2.11. The van der Waals surface area contributed by atoms with E-state index in [9.17, 15) is 0 Å². The summed E-state index contributed by atoms with van der Waals surface area (Å²) >= 11 is 6.19. The topological polar surface area (TPSA) is 42.3 Å². The van der Waals surface area contributed by atoms with Gasteiger partial charge in [-0.15, -0.1) is 0 Å². The molecule has 0 spiro atoms. The number of hydrogen-bond donors (Lipinski definition) is 1. The Morgan fingerprint density at radius 2 is 2.11 bits per heavy atom. The second-order valence-corrected chi connectivity index (χ2v) is 5.32. The maximum absolute atomic E-state index is 6.19. The van der Waals surface area contributed by atoms with Crippen LogP contribution in [0.1, 0.15) is 17.7 Å². The number of nitrogens with one attached hydrogen (secondary N) is 1. The van der Waals surface area contributed by atoms with Crippen molar-refractivity contribution in [3.05, 3.63) is 16.4 Å². The third-order valence-electron chi connectivity index (χ3n) is 3.50. The van der Waals surface area contributed by atoms with E-state index < -0.39 is 0 Å². The van der Waals surface area contributed by atoms with Gasteiger partial charge in [0.05, 0.1) is 18.9 Å². The molecule has 1 saturated heterocycles. The first kappa shape index (κ1) is 14.8. The van der Waals surface area contributed by atoms with Crippen LogP contribution in [0.3, 0.4) is 0 Å². The van der Waals surface area contributed by atoms with Gasteiger partial charge in [-0.25, -0.2) is 0 Å². The molecular weight excluding hydrogens is 264 g/mol. The molecule has 2 rings (SSSR count). The van der Waals surface area contributed by atoms with E-state index in [0.29, 0.717) is 0 Å². The summed E-state index contributed by atoms with van der Waals surface area (Å²) in [4.78, 5) is 2.45. The van der Waals surface area contributed by atoms with Gasteiger partial charge in [-0.05, 0) is 26.4 Å². The zero-order valence-electron chi connectivity index (χ0n) is 11.8. The second-order valence-electron chi connectivity index (χ2n) is 4.96. The molecule has 2 heterocycles. The van der Waals surface area contributed by atoms with E-state index in [1.807, 2.05) is 14.0 Å². The van der Waals surface area contributed by atoms with Gasteiger partial charge in [-0.1, -0.05) is 11.6 Å². The number of ether oxygens (including phenoxy) is 1. The number of hydrogen-bond acceptors (Lipinski definition) is 4. The number of morpholine rings is 1. The number of aryl methyl sites for hydroxylation is 2. The molecule has 0 unspecified atom stereocenters. The monoisotopic (exact) mass is 286 g/mol. The number of nitrogens with zero attached hydrogens (tertiary/aromatic N) is 3. The van der Waals surface area contributed by atoms with Crippen molar-refractivity contribution >= 4 is 11.6 Å². The van der Waals surface area contributed by atoms with Crippen molar-refractivity contribution in [3.8, 4) is 0 Å². The summed E-state index contributed by atoms with van der Waals surface area (Å²) in [6.45, 7) is 8.80. The van der Waals surface area contributed by atoms with Crippen LogP contribution >= 0.6 is 11.6 Å². The Bertz CT molecular complexity index is 402. The summed E-state index contributed by atoms with van der Waals surface area (Å²) in [6.07, 6.45) is 1.15. The van der Waals surface area contributed by atoms with Crippen LogP contribution in [0, 0.1) is 6.92 Å². The predicted octanol–water partition coefficient (Wildman–Crippen LogP) is 1.19. The largest absolute Gasteiger partial charge is 0.379 e. The van der Waals surface area contributed by atoms with Crippen molar-refractivity contribution in [2.75, 3.05) is 39.4 Å². The highest BCUT2D eigenvalue weighted by Crippen LogP contribution is 2.17. The molecule has 6 heteroatoms. The molecule has 5 nitrogen and oxygen atoms in total. The third-order valence-corrected chi connectivity index (χ3v) is 3.98. The fourth-order valence-electron chi connectivity index (χ4n) is 2.34. The van der Waals surface area contributed by atoms with Crippen LogP contribution in [0.4, 0.5) is 0 Å². The quantitative estimate of drug-likeness (QED) is 0.798. The smallest absolute Gasteiger partial charge is 0.131 e. The average molecular weight is 287 g/mol. The molecule has 1 aliphatic rings. The molecule has 0 radical (unpaired) electrons. The van der Waals surface area contributed by atoms with Gasteiger partial charge >= 0.3 is 0 Å². The number of rotatable bonds is 6. The third kappa shape index (κ3) is 4.18. The molecule has 0 aromatic carbocycles. The van der Waals surface area contributed by atoms with E-state index in [0.717, 1.165) is 68.8 Å². The van der Waals surface area contributed by atoms with Gasteiger partial charge in [-0.2, -0.15) is 5.10 Å². The van der Waals surface area contributed by atoms with Gasteiger partial charge in [-0.3, -0.25) is 9.58 Å². The van der Waals surface area contributed by atoms with E-state index in [-0.39, 0.29) is 0 Å². The highest BCUT2D eigenvalue weighted by atomic mass is 35.5. The fourth-order valence-corrected chi connectivity index (χ4v) is 2.58. The summed E-state index contributed by atoms with van der Waals surface area (Å²) in [7, 11) is 1.87. The summed E-state index contributed by atoms with van der Waals surface area (Å²) in [5.74, 6) is 0. The van der Waals surface area contributed by atoms with Crippen LogP contribution in [-0.2, 0) is 18.3 Å². The first-order valence-corrected chi connectivity index (χ1v) is 7.25. The van der Waals surface area contributed by atoms with Crippen molar-refractivity contribution in [3.63, 3.8) is 0 Å². The van der Waals surface area contributed by atoms with Gasteiger partial charge in [0, 0.05) is 32.2 Å². The zero-order valence-corrected chi connectivity index (χ0v) is 12.5. The molecule has 1 fully saturated rings. The minimum absolute atomic E-state index is 0.734. The lowest BCUT2D eigenvalue weighted by molar-refractivity contribution is 0.0374. The van der Waals surface area contributed by atoms with Crippen molar-refractivity contribution in [1.29, 1.82) is 0 Å². The normalized spacial score (nSPS) is 17.0. The van der Waals surface area contributed by atoms with Crippen LogP contribution in [0.15, 0.2) is 0 Å². The number of aromatic nitrogens is 2. The van der Waals surface area contributed by atoms with Gasteiger partial charge < -0.3 is 10.1 Å². The highest BCUT2D eigenvalue weighted by molar-refractivity contribution is 6.30. The lowest BCUT2D eigenvalue weighted by Crippen LogP contribution is -2.37. The highest BCUT2D eigenvalue weighted by Gasteiger charge is 2.11. The molecule has 108 valence electrons. The molecule has 0 aliphatic carbocycles. The average Bonchev–Trinajstić information content (AvgIpc) is 2.65. The van der Waals surface area contributed by atoms with Crippen molar-refractivity contribution < 1.29 is 4.74 Å². The van der Waals surface area contributed by atoms with Gasteiger partial charge in [0.1, 0.15) is 5.15 Å². The van der Waals surface area contributed by atoms with E-state index in [4.69, 9.17) is 16.3 Å². The van der Waals surface area contributed by atoms with Crippen LogP contribution in [0.25, 0.3) is 0 Å². The van der Waals surface area contributed by atoms with Crippen LogP contribution < -0.4 is 5.32 Å². The lowest BCUT2D eigenvalue weighted by atomic mass is 10.2. The summed E-state index contributed by atoms with van der Waals surface area (Å²) < 4.78 is 7.06. The van der Waals surface area contributed by atoms with Crippen molar-refractivity contribution in [2.24, 2.45) is 7.05 Å². The maximum Gasteiger partial charge on any atom is 0.131 e. The van der Waals surface area contributed by atoms with Crippen molar-refractivity contribution in [2.45, 2.75) is 19.9 Å². The van der Waals surface area contributed by atoms with Crippen LogP contribution in [-0.4, -0.2) is 54.1 Å². The molecule has 1 aliphatic heterocycles. The first-order chi connectivity index (χ1) is 9.18. The van der Waals surface area contributed by atoms with Gasteiger partial charge in [0.2, 0.25) is 0 Å². The Kier molecular flexibility index (Phi) is 5.63. The Labute approximate surface area is 119 Å². The zero-order chi connectivity index (χ0) is 13.7. The molecule has 0 atom stereocenters. The Balaban J connectivity index is 1.63. The van der Waals surface area contributed by atoms with Crippen molar-refractivity contribution in [1.82, 2.24) is 20.0 Å². The van der Waals surface area contributed by atoms with E-state index in [2.05, 4.69) is 15.3 Å². The predicted molar refractivity (Wildman–Crippen MR) is 76.5 cm³/mol. The first-order valence-electron chi connectivity index (χ1n) is 6.87. The van der Waals surface area contributed by atoms with Gasteiger partial charge in [0.25, 0.3) is 0 Å². The molecule has 0 amide bonds. The van der Waals surface area contributed by atoms with E-state index in [1.165, 1.54) is 0 Å². The summed E-state index contributed by atoms with van der Waals surface area (Å²) in [5, 5.41) is 8.48. The SMILES string of the molecule is Cc1nn(C)c(Cl)c1CNCCCN1CCOCC1. The Morgan fingerprint density at radius 1 is 1.37 bits per heavy atom. The fraction of sp³-hybridized carbons (Fsp3) is 0.769. The van der Waals surface area contributed by atoms with Gasteiger partial charge in [0.15, 0.2) is 0 Å². The second kappa shape index (κ2) is 7.24. The number of halogens is 1. The maximum atomic E-state index is 6.19. The molecule has 1 N–H and O–H groups in total. The van der Waals surface area contributed by atoms with E-state index >= 15 is 0 Å². The minimum Gasteiger partial charge on any atom is -0.379 e. The molecular formula is C13H23ClN4O. The summed E-state index contributed by atoms with van der Waals surface area (Å²) in [6, 6.07) is 0. The van der Waals surface area contributed by atoms with Crippen LogP contribution in [0.5, 0.6) is 0 Å². The molecule has 1 aromatic rings.